The summed E-state index contributed by atoms with van der Waals surface area (Å²) in [5.74, 6) is 0.273. The zero-order chi connectivity index (χ0) is 14.8. The van der Waals surface area contributed by atoms with Crippen molar-refractivity contribution in [2.24, 2.45) is 0 Å². The van der Waals surface area contributed by atoms with Gasteiger partial charge < -0.3 is 10.2 Å². The van der Waals surface area contributed by atoms with E-state index < -0.39 is 0 Å². The third-order valence-corrected chi connectivity index (χ3v) is 4.79. The van der Waals surface area contributed by atoms with Gasteiger partial charge in [-0.2, -0.15) is 0 Å². The van der Waals surface area contributed by atoms with Gasteiger partial charge in [-0.1, -0.05) is 23.8 Å². The normalized spacial score (nSPS) is 20.4. The van der Waals surface area contributed by atoms with E-state index in [4.69, 9.17) is 0 Å². The van der Waals surface area contributed by atoms with Crippen molar-refractivity contribution < 1.29 is 4.79 Å². The molecule has 0 aliphatic carbocycles. The second-order valence-electron chi connectivity index (χ2n) is 6.34. The fraction of sp³-hybridized carbons (Fsp3) is 0.588. The average molecular weight is 287 g/mol. The number of rotatable bonds is 3. The van der Waals surface area contributed by atoms with Gasteiger partial charge in [0.1, 0.15) is 0 Å². The fourth-order valence-electron chi connectivity index (χ4n) is 3.13. The van der Waals surface area contributed by atoms with E-state index in [9.17, 15) is 4.79 Å². The molecule has 2 aliphatic heterocycles. The standard InChI is InChI=1S/C17H25N3O/c1-13-3-4-14(2)15(9-13)10-17(21)20-7-5-19(6-8-20)16-11-18-12-16/h3-4,9,16,18H,5-8,10-12H2,1-2H3. The molecule has 1 amide bonds. The van der Waals surface area contributed by atoms with Gasteiger partial charge in [-0.15, -0.1) is 0 Å². The molecule has 0 saturated carbocycles. The van der Waals surface area contributed by atoms with Crippen molar-refractivity contribution in [1.29, 1.82) is 0 Å². The fourth-order valence-corrected chi connectivity index (χ4v) is 3.13. The van der Waals surface area contributed by atoms with Crippen LogP contribution in [0.25, 0.3) is 0 Å². The Morgan fingerprint density at radius 2 is 1.90 bits per heavy atom. The Kier molecular flexibility index (Phi) is 4.27. The predicted molar refractivity (Wildman–Crippen MR) is 84.4 cm³/mol. The van der Waals surface area contributed by atoms with Gasteiger partial charge in [0.2, 0.25) is 5.91 Å². The van der Waals surface area contributed by atoms with Gasteiger partial charge in [0.25, 0.3) is 0 Å². The summed E-state index contributed by atoms with van der Waals surface area (Å²) in [5, 5.41) is 3.31. The minimum absolute atomic E-state index is 0.273. The largest absolute Gasteiger partial charge is 0.340 e. The predicted octanol–water partition coefficient (Wildman–Crippen LogP) is 0.962. The molecule has 3 rings (SSSR count). The van der Waals surface area contributed by atoms with Gasteiger partial charge in [-0.05, 0) is 25.0 Å². The number of nitrogens with one attached hydrogen (secondary N) is 1. The molecule has 1 aromatic carbocycles. The zero-order valence-corrected chi connectivity index (χ0v) is 13.1. The van der Waals surface area contributed by atoms with Crippen LogP contribution in [-0.2, 0) is 11.2 Å². The summed E-state index contributed by atoms with van der Waals surface area (Å²) in [6, 6.07) is 7.05. The summed E-state index contributed by atoms with van der Waals surface area (Å²) < 4.78 is 0. The minimum Gasteiger partial charge on any atom is -0.340 e. The summed E-state index contributed by atoms with van der Waals surface area (Å²) in [5.41, 5.74) is 3.62. The Morgan fingerprint density at radius 3 is 2.52 bits per heavy atom. The first-order valence-electron chi connectivity index (χ1n) is 7.92. The van der Waals surface area contributed by atoms with Crippen LogP contribution >= 0.6 is 0 Å². The molecule has 2 aliphatic rings. The van der Waals surface area contributed by atoms with E-state index in [1.165, 1.54) is 16.7 Å². The molecule has 0 atom stereocenters. The monoisotopic (exact) mass is 287 g/mol. The molecular weight excluding hydrogens is 262 g/mol. The second kappa shape index (κ2) is 6.16. The Balaban J connectivity index is 1.55. The highest BCUT2D eigenvalue weighted by Gasteiger charge is 2.29. The molecule has 0 bridgehead atoms. The number of benzene rings is 1. The van der Waals surface area contributed by atoms with Crippen LogP contribution in [0.4, 0.5) is 0 Å². The first-order chi connectivity index (χ1) is 10.1. The lowest BCUT2D eigenvalue weighted by Gasteiger charge is -2.43. The smallest absolute Gasteiger partial charge is 0.227 e. The number of carbonyl (C=O) groups is 1. The lowest BCUT2D eigenvalue weighted by molar-refractivity contribution is -0.132. The molecule has 0 spiro atoms. The van der Waals surface area contributed by atoms with Gasteiger partial charge in [-0.25, -0.2) is 0 Å². The summed E-state index contributed by atoms with van der Waals surface area (Å²) in [4.78, 5) is 17.0. The SMILES string of the molecule is Cc1ccc(C)c(CC(=O)N2CCN(C3CNC3)CC2)c1. The highest BCUT2D eigenvalue weighted by atomic mass is 16.2. The van der Waals surface area contributed by atoms with Gasteiger partial charge in [0.05, 0.1) is 6.42 Å². The topological polar surface area (TPSA) is 35.6 Å². The summed E-state index contributed by atoms with van der Waals surface area (Å²) in [6.45, 7) is 10.2. The van der Waals surface area contributed by atoms with Crippen molar-refractivity contribution in [3.8, 4) is 0 Å². The molecule has 2 saturated heterocycles. The van der Waals surface area contributed by atoms with Gasteiger partial charge >= 0.3 is 0 Å². The molecule has 114 valence electrons. The van der Waals surface area contributed by atoms with Crippen LogP contribution < -0.4 is 5.32 Å². The molecule has 4 nitrogen and oxygen atoms in total. The third-order valence-electron chi connectivity index (χ3n) is 4.79. The Morgan fingerprint density at radius 1 is 1.19 bits per heavy atom. The number of piperazine rings is 1. The van der Waals surface area contributed by atoms with Crippen LogP contribution in [0.5, 0.6) is 0 Å². The third kappa shape index (κ3) is 3.27. The van der Waals surface area contributed by atoms with E-state index in [2.05, 4.69) is 42.3 Å². The number of hydrogen-bond acceptors (Lipinski definition) is 3. The van der Waals surface area contributed by atoms with Crippen molar-refractivity contribution in [2.75, 3.05) is 39.3 Å². The number of nitrogens with zero attached hydrogens (tertiary/aromatic N) is 2. The van der Waals surface area contributed by atoms with E-state index in [1.807, 2.05) is 4.90 Å². The van der Waals surface area contributed by atoms with Crippen molar-refractivity contribution in [1.82, 2.24) is 15.1 Å². The van der Waals surface area contributed by atoms with Crippen molar-refractivity contribution >= 4 is 5.91 Å². The highest BCUT2D eigenvalue weighted by molar-refractivity contribution is 5.79. The van der Waals surface area contributed by atoms with Crippen molar-refractivity contribution in [2.45, 2.75) is 26.3 Å². The quantitative estimate of drug-likeness (QED) is 0.899. The zero-order valence-electron chi connectivity index (χ0n) is 13.1. The first kappa shape index (κ1) is 14.5. The maximum Gasteiger partial charge on any atom is 0.227 e. The summed E-state index contributed by atoms with van der Waals surface area (Å²) in [7, 11) is 0. The van der Waals surface area contributed by atoms with Crippen LogP contribution in [0, 0.1) is 13.8 Å². The van der Waals surface area contributed by atoms with Gasteiger partial charge in [-0.3, -0.25) is 9.69 Å². The van der Waals surface area contributed by atoms with E-state index in [1.54, 1.807) is 0 Å². The molecule has 2 heterocycles. The highest BCUT2D eigenvalue weighted by Crippen LogP contribution is 2.14. The Hall–Kier alpha value is -1.39. The number of carbonyl (C=O) groups excluding carboxylic acids is 1. The van der Waals surface area contributed by atoms with Crippen LogP contribution in [0.1, 0.15) is 16.7 Å². The van der Waals surface area contributed by atoms with Crippen LogP contribution in [-0.4, -0.2) is 61.0 Å². The van der Waals surface area contributed by atoms with Crippen LogP contribution in [0.2, 0.25) is 0 Å². The first-order valence-corrected chi connectivity index (χ1v) is 7.92. The molecule has 2 fully saturated rings. The molecule has 0 aromatic heterocycles. The van der Waals surface area contributed by atoms with Crippen LogP contribution in [0.15, 0.2) is 18.2 Å². The maximum absolute atomic E-state index is 12.5. The Labute approximate surface area is 127 Å². The van der Waals surface area contributed by atoms with Crippen molar-refractivity contribution in [3.63, 3.8) is 0 Å². The minimum atomic E-state index is 0.273. The molecule has 21 heavy (non-hydrogen) atoms. The molecule has 4 heteroatoms. The molecule has 1 N–H and O–H groups in total. The Bertz CT molecular complexity index is 517. The second-order valence-corrected chi connectivity index (χ2v) is 6.34. The summed E-state index contributed by atoms with van der Waals surface area (Å²) in [6.07, 6.45) is 0.540. The number of aryl methyl sites for hydroxylation is 2. The van der Waals surface area contributed by atoms with Gasteiger partial charge in [0.15, 0.2) is 0 Å². The molecule has 1 aromatic rings. The average Bonchev–Trinajstić information content (AvgIpc) is 2.42. The lowest BCUT2D eigenvalue weighted by Crippen LogP contribution is -2.62. The lowest BCUT2D eigenvalue weighted by atomic mass is 10.0. The van der Waals surface area contributed by atoms with E-state index >= 15 is 0 Å². The van der Waals surface area contributed by atoms with E-state index in [0.29, 0.717) is 12.5 Å². The van der Waals surface area contributed by atoms with E-state index in [0.717, 1.165) is 39.3 Å². The molecule has 0 unspecified atom stereocenters. The number of amides is 1. The molecule has 0 radical (unpaired) electrons. The van der Waals surface area contributed by atoms with Gasteiger partial charge in [0, 0.05) is 45.3 Å². The van der Waals surface area contributed by atoms with Crippen molar-refractivity contribution in [3.05, 3.63) is 34.9 Å². The molecular formula is C17H25N3O. The summed E-state index contributed by atoms with van der Waals surface area (Å²) >= 11 is 0. The number of hydrogen-bond donors (Lipinski definition) is 1. The van der Waals surface area contributed by atoms with Crippen LogP contribution in [0.3, 0.4) is 0 Å². The van der Waals surface area contributed by atoms with E-state index in [-0.39, 0.29) is 5.91 Å². The maximum atomic E-state index is 12.5.